The van der Waals surface area contributed by atoms with Crippen molar-refractivity contribution in [3.05, 3.63) is 0 Å². The molecule has 2 N–H and O–H groups in total. The van der Waals surface area contributed by atoms with Crippen LogP contribution in [0.25, 0.3) is 0 Å². The molecule has 2 heteroatoms. The standard InChI is InChI=1S/C13H27NO/c1-3-4-5-7-11(2)14-12-8-6-9-13(15)10-12/h11-15H,3-10H2,1-2H3. The number of nitrogens with one attached hydrogen (secondary N) is 1. The Morgan fingerprint density at radius 1 is 1.33 bits per heavy atom. The molecule has 1 fully saturated rings. The lowest BCUT2D eigenvalue weighted by Gasteiger charge is -2.29. The SMILES string of the molecule is CCCCCC(C)NC1CCCC(O)C1. The molecule has 1 aliphatic rings. The molecule has 1 rings (SSSR count). The summed E-state index contributed by atoms with van der Waals surface area (Å²) < 4.78 is 0. The van der Waals surface area contributed by atoms with E-state index in [1.54, 1.807) is 0 Å². The van der Waals surface area contributed by atoms with Gasteiger partial charge in [0, 0.05) is 12.1 Å². The smallest absolute Gasteiger partial charge is 0.0555 e. The Bertz CT molecular complexity index is 161. The minimum atomic E-state index is -0.0564. The lowest BCUT2D eigenvalue weighted by Crippen LogP contribution is -2.40. The summed E-state index contributed by atoms with van der Waals surface area (Å²) in [6.07, 6.45) is 9.59. The Balaban J connectivity index is 2.10. The number of unbranched alkanes of at least 4 members (excludes halogenated alkanes) is 2. The molecular weight excluding hydrogens is 186 g/mol. The highest BCUT2D eigenvalue weighted by molar-refractivity contribution is 4.79. The van der Waals surface area contributed by atoms with Gasteiger partial charge in [-0.3, -0.25) is 0 Å². The van der Waals surface area contributed by atoms with Crippen molar-refractivity contribution in [1.29, 1.82) is 0 Å². The van der Waals surface area contributed by atoms with Crippen LogP contribution in [0.15, 0.2) is 0 Å². The van der Waals surface area contributed by atoms with Crippen LogP contribution in [0, 0.1) is 0 Å². The average Bonchev–Trinajstić information content (AvgIpc) is 2.18. The van der Waals surface area contributed by atoms with Gasteiger partial charge in [-0.25, -0.2) is 0 Å². The average molecular weight is 213 g/mol. The third kappa shape index (κ3) is 5.53. The molecule has 0 aromatic heterocycles. The number of aliphatic hydroxyl groups excluding tert-OH is 1. The first-order valence-electron chi connectivity index (χ1n) is 6.66. The molecule has 2 nitrogen and oxygen atoms in total. The van der Waals surface area contributed by atoms with E-state index >= 15 is 0 Å². The van der Waals surface area contributed by atoms with Crippen molar-refractivity contribution < 1.29 is 5.11 Å². The Hall–Kier alpha value is -0.0800. The molecule has 3 atom stereocenters. The summed E-state index contributed by atoms with van der Waals surface area (Å²) in [5.74, 6) is 0. The van der Waals surface area contributed by atoms with E-state index in [9.17, 15) is 5.11 Å². The molecule has 1 saturated carbocycles. The molecule has 3 unspecified atom stereocenters. The van der Waals surface area contributed by atoms with Crippen molar-refractivity contribution >= 4 is 0 Å². The fourth-order valence-electron chi connectivity index (χ4n) is 2.50. The lowest BCUT2D eigenvalue weighted by molar-refractivity contribution is 0.109. The van der Waals surface area contributed by atoms with E-state index in [0.717, 1.165) is 12.8 Å². The van der Waals surface area contributed by atoms with Crippen LogP contribution in [0.3, 0.4) is 0 Å². The van der Waals surface area contributed by atoms with Crippen molar-refractivity contribution in [3.8, 4) is 0 Å². The van der Waals surface area contributed by atoms with Crippen LogP contribution in [-0.4, -0.2) is 23.3 Å². The Morgan fingerprint density at radius 2 is 2.13 bits per heavy atom. The van der Waals surface area contributed by atoms with Crippen LogP contribution in [0.1, 0.15) is 65.2 Å². The van der Waals surface area contributed by atoms with Gasteiger partial charge in [-0.2, -0.15) is 0 Å². The predicted octanol–water partition coefficient (Wildman–Crippen LogP) is 2.85. The zero-order valence-corrected chi connectivity index (χ0v) is 10.3. The monoisotopic (exact) mass is 213 g/mol. The van der Waals surface area contributed by atoms with Gasteiger partial charge in [0.1, 0.15) is 0 Å². The van der Waals surface area contributed by atoms with Gasteiger partial charge in [0.25, 0.3) is 0 Å². The van der Waals surface area contributed by atoms with Crippen LogP contribution in [0.4, 0.5) is 0 Å². The second kappa shape index (κ2) is 7.24. The number of rotatable bonds is 6. The maximum atomic E-state index is 9.57. The number of aliphatic hydroxyl groups is 1. The van der Waals surface area contributed by atoms with Crippen LogP contribution >= 0.6 is 0 Å². The second-order valence-electron chi connectivity index (χ2n) is 5.08. The van der Waals surface area contributed by atoms with E-state index in [1.807, 2.05) is 0 Å². The van der Waals surface area contributed by atoms with Gasteiger partial charge in [-0.05, 0) is 39.0 Å². The molecule has 0 saturated heterocycles. The molecule has 0 amide bonds. The summed E-state index contributed by atoms with van der Waals surface area (Å²) >= 11 is 0. The molecular formula is C13H27NO. The largest absolute Gasteiger partial charge is 0.393 e. The third-order valence-electron chi connectivity index (χ3n) is 3.41. The topological polar surface area (TPSA) is 32.3 Å². The first-order chi connectivity index (χ1) is 7.22. The highest BCUT2D eigenvalue weighted by Gasteiger charge is 2.20. The molecule has 0 heterocycles. The summed E-state index contributed by atoms with van der Waals surface area (Å²) in [6.45, 7) is 4.52. The Kier molecular flexibility index (Phi) is 6.26. The first-order valence-corrected chi connectivity index (χ1v) is 6.66. The van der Waals surface area contributed by atoms with Crippen molar-refractivity contribution in [1.82, 2.24) is 5.32 Å². The second-order valence-corrected chi connectivity index (χ2v) is 5.08. The van der Waals surface area contributed by atoms with Gasteiger partial charge >= 0.3 is 0 Å². The van der Waals surface area contributed by atoms with Gasteiger partial charge < -0.3 is 10.4 Å². The lowest BCUT2D eigenvalue weighted by atomic mass is 9.92. The summed E-state index contributed by atoms with van der Waals surface area (Å²) in [5, 5.41) is 13.2. The maximum Gasteiger partial charge on any atom is 0.0555 e. The number of hydrogen-bond acceptors (Lipinski definition) is 2. The molecule has 0 aromatic carbocycles. The van der Waals surface area contributed by atoms with Gasteiger partial charge in [-0.1, -0.05) is 26.2 Å². The summed E-state index contributed by atoms with van der Waals surface area (Å²) in [4.78, 5) is 0. The normalized spacial score (nSPS) is 29.0. The molecule has 1 aliphatic carbocycles. The van der Waals surface area contributed by atoms with Crippen molar-refractivity contribution in [2.75, 3.05) is 0 Å². The highest BCUT2D eigenvalue weighted by Crippen LogP contribution is 2.19. The molecule has 90 valence electrons. The zero-order valence-electron chi connectivity index (χ0n) is 10.3. The predicted molar refractivity (Wildman–Crippen MR) is 65.0 cm³/mol. The van der Waals surface area contributed by atoms with E-state index < -0.39 is 0 Å². The van der Waals surface area contributed by atoms with E-state index in [-0.39, 0.29) is 6.10 Å². The van der Waals surface area contributed by atoms with Gasteiger partial charge in [0.05, 0.1) is 6.10 Å². The van der Waals surface area contributed by atoms with E-state index in [4.69, 9.17) is 0 Å². The van der Waals surface area contributed by atoms with Crippen LogP contribution in [0.2, 0.25) is 0 Å². The van der Waals surface area contributed by atoms with Gasteiger partial charge in [0.15, 0.2) is 0 Å². The van der Waals surface area contributed by atoms with E-state index in [2.05, 4.69) is 19.2 Å². The summed E-state index contributed by atoms with van der Waals surface area (Å²) in [7, 11) is 0. The third-order valence-corrected chi connectivity index (χ3v) is 3.41. The minimum absolute atomic E-state index is 0.0564. The van der Waals surface area contributed by atoms with Crippen molar-refractivity contribution in [2.24, 2.45) is 0 Å². The number of hydrogen-bond donors (Lipinski definition) is 2. The van der Waals surface area contributed by atoms with E-state index in [1.165, 1.54) is 38.5 Å². The van der Waals surface area contributed by atoms with Crippen LogP contribution < -0.4 is 5.32 Å². The van der Waals surface area contributed by atoms with Crippen LogP contribution in [-0.2, 0) is 0 Å². The summed E-state index contributed by atoms with van der Waals surface area (Å²) in [6, 6.07) is 1.18. The molecule has 0 bridgehead atoms. The Labute approximate surface area is 94.5 Å². The fraction of sp³-hybridized carbons (Fsp3) is 1.00. The van der Waals surface area contributed by atoms with Gasteiger partial charge in [-0.15, -0.1) is 0 Å². The van der Waals surface area contributed by atoms with Crippen molar-refractivity contribution in [2.45, 2.75) is 83.4 Å². The molecule has 15 heavy (non-hydrogen) atoms. The zero-order chi connectivity index (χ0) is 11.1. The highest BCUT2D eigenvalue weighted by atomic mass is 16.3. The quantitative estimate of drug-likeness (QED) is 0.665. The first kappa shape index (κ1) is 13.0. The molecule has 0 radical (unpaired) electrons. The Morgan fingerprint density at radius 3 is 2.80 bits per heavy atom. The molecule has 0 aliphatic heterocycles. The van der Waals surface area contributed by atoms with Crippen LogP contribution in [0.5, 0.6) is 0 Å². The maximum absolute atomic E-state index is 9.57. The van der Waals surface area contributed by atoms with Crippen molar-refractivity contribution in [3.63, 3.8) is 0 Å². The van der Waals surface area contributed by atoms with E-state index in [0.29, 0.717) is 12.1 Å². The summed E-state index contributed by atoms with van der Waals surface area (Å²) in [5.41, 5.74) is 0. The minimum Gasteiger partial charge on any atom is -0.393 e. The molecule has 0 aromatic rings. The fourth-order valence-corrected chi connectivity index (χ4v) is 2.50. The molecule has 0 spiro atoms. The van der Waals surface area contributed by atoms with Gasteiger partial charge in [0.2, 0.25) is 0 Å².